The van der Waals surface area contributed by atoms with Crippen molar-refractivity contribution in [3.63, 3.8) is 0 Å². The first-order valence-electron chi connectivity index (χ1n) is 10.2. The van der Waals surface area contributed by atoms with Gasteiger partial charge < -0.3 is 10.1 Å². The van der Waals surface area contributed by atoms with Crippen molar-refractivity contribution >= 4 is 5.97 Å². The molecule has 0 radical (unpaired) electrons. The summed E-state index contributed by atoms with van der Waals surface area (Å²) in [6, 6.07) is 11.5. The van der Waals surface area contributed by atoms with Gasteiger partial charge in [0.05, 0.1) is 0 Å². The number of hydrogen-bond donors (Lipinski definition) is 1. The van der Waals surface area contributed by atoms with Crippen LogP contribution < -0.4 is 5.32 Å². The number of carbonyl (C=O) groups excluding carboxylic acids is 1. The van der Waals surface area contributed by atoms with Gasteiger partial charge in [0.1, 0.15) is 0 Å². The molecule has 1 heterocycles. The molecule has 4 heteroatoms. The van der Waals surface area contributed by atoms with Crippen LogP contribution in [0.5, 0.6) is 0 Å². The van der Waals surface area contributed by atoms with Gasteiger partial charge in [0, 0.05) is 51.4 Å². The van der Waals surface area contributed by atoms with Crippen LogP contribution in [-0.4, -0.2) is 42.3 Å². The fraction of sp³-hybridized carbons (Fsp3) is 0.682. The Hall–Kier alpha value is -1.39. The summed E-state index contributed by atoms with van der Waals surface area (Å²) in [7, 11) is 0. The molecular weight excluding hydrogens is 324 g/mol. The van der Waals surface area contributed by atoms with Gasteiger partial charge in [-0.05, 0) is 36.7 Å². The molecule has 4 rings (SSSR count). The van der Waals surface area contributed by atoms with Crippen LogP contribution in [0.2, 0.25) is 0 Å². The van der Waals surface area contributed by atoms with Crippen molar-refractivity contribution in [1.82, 2.24) is 10.2 Å². The van der Waals surface area contributed by atoms with Gasteiger partial charge in [0.15, 0.2) is 5.72 Å². The van der Waals surface area contributed by atoms with Gasteiger partial charge in [0.2, 0.25) is 0 Å². The van der Waals surface area contributed by atoms with E-state index in [-0.39, 0.29) is 11.7 Å². The third kappa shape index (κ3) is 3.67. The molecule has 142 valence electrons. The van der Waals surface area contributed by atoms with Gasteiger partial charge in [-0.2, -0.15) is 0 Å². The summed E-state index contributed by atoms with van der Waals surface area (Å²) in [4.78, 5) is 13.9. The topological polar surface area (TPSA) is 41.6 Å². The number of rotatable bonds is 6. The Morgan fingerprint density at radius 3 is 2.46 bits per heavy atom. The molecule has 0 amide bonds. The van der Waals surface area contributed by atoms with Crippen LogP contribution in [0.4, 0.5) is 0 Å². The zero-order valence-electron chi connectivity index (χ0n) is 16.2. The van der Waals surface area contributed by atoms with Crippen molar-refractivity contribution in [3.8, 4) is 0 Å². The van der Waals surface area contributed by atoms with Crippen LogP contribution in [0.3, 0.4) is 0 Å². The third-order valence-corrected chi connectivity index (χ3v) is 6.82. The molecule has 1 aromatic carbocycles. The molecule has 2 aliphatic carbocycles. The largest absolute Gasteiger partial charge is 0.444 e. The molecule has 1 N–H and O–H groups in total. The van der Waals surface area contributed by atoms with Gasteiger partial charge in [-0.25, -0.2) is 0 Å². The minimum atomic E-state index is -0.282. The van der Waals surface area contributed by atoms with E-state index in [4.69, 9.17) is 4.74 Å². The summed E-state index contributed by atoms with van der Waals surface area (Å²) in [5, 5.41) is 3.83. The lowest BCUT2D eigenvalue weighted by atomic mass is 9.77. The molecule has 1 saturated heterocycles. The van der Waals surface area contributed by atoms with Gasteiger partial charge in [-0.1, -0.05) is 37.3 Å². The van der Waals surface area contributed by atoms with E-state index in [1.807, 2.05) is 0 Å². The molecule has 0 bridgehead atoms. The van der Waals surface area contributed by atoms with E-state index in [9.17, 15) is 4.79 Å². The normalized spacial score (nSPS) is 29.6. The third-order valence-electron chi connectivity index (χ3n) is 6.82. The van der Waals surface area contributed by atoms with Gasteiger partial charge in [-0.3, -0.25) is 9.69 Å². The monoisotopic (exact) mass is 356 g/mol. The molecule has 0 unspecified atom stereocenters. The van der Waals surface area contributed by atoms with E-state index in [1.165, 1.54) is 38.2 Å². The fourth-order valence-corrected chi connectivity index (χ4v) is 4.73. The van der Waals surface area contributed by atoms with Crippen LogP contribution >= 0.6 is 0 Å². The Bertz CT molecular complexity index is 633. The van der Waals surface area contributed by atoms with E-state index in [0.717, 1.165) is 32.5 Å². The van der Waals surface area contributed by atoms with E-state index in [0.29, 0.717) is 17.4 Å². The minimum absolute atomic E-state index is 0.139. The predicted molar refractivity (Wildman–Crippen MR) is 103 cm³/mol. The van der Waals surface area contributed by atoms with Crippen LogP contribution in [0.25, 0.3) is 0 Å². The lowest BCUT2D eigenvalue weighted by Crippen LogP contribution is -2.60. The smallest absolute Gasteiger partial charge is 0.304 e. The van der Waals surface area contributed by atoms with Crippen LogP contribution in [0.1, 0.15) is 63.9 Å². The number of esters is 1. The maximum Gasteiger partial charge on any atom is 0.304 e. The van der Waals surface area contributed by atoms with Crippen molar-refractivity contribution in [2.75, 3.05) is 19.6 Å². The summed E-state index contributed by atoms with van der Waals surface area (Å²) in [6.45, 7) is 7.12. The summed E-state index contributed by atoms with van der Waals surface area (Å²) in [5.74, 6) is 0.558. The molecule has 3 fully saturated rings. The molecule has 3 aliphatic rings. The van der Waals surface area contributed by atoms with E-state index >= 15 is 0 Å². The zero-order valence-corrected chi connectivity index (χ0v) is 16.2. The second kappa shape index (κ2) is 6.97. The number of piperidine rings is 1. The molecule has 4 nitrogen and oxygen atoms in total. The molecule has 2 saturated carbocycles. The molecule has 26 heavy (non-hydrogen) atoms. The van der Waals surface area contributed by atoms with Gasteiger partial charge in [0.25, 0.3) is 0 Å². The Labute approximate surface area is 157 Å². The maximum atomic E-state index is 11.5. The number of likely N-dealkylation sites (tertiary alicyclic amines) is 1. The zero-order chi connectivity index (χ0) is 18.2. The maximum absolute atomic E-state index is 11.5. The minimum Gasteiger partial charge on any atom is -0.444 e. The van der Waals surface area contributed by atoms with Crippen LogP contribution in [0.15, 0.2) is 30.3 Å². The van der Waals surface area contributed by atoms with Crippen molar-refractivity contribution in [3.05, 3.63) is 35.9 Å². The fourth-order valence-electron chi connectivity index (χ4n) is 4.73. The summed E-state index contributed by atoms with van der Waals surface area (Å²) >= 11 is 0. The lowest BCUT2D eigenvalue weighted by Gasteiger charge is -2.52. The van der Waals surface area contributed by atoms with Crippen LogP contribution in [-0.2, 0) is 9.53 Å². The Morgan fingerprint density at radius 1 is 1.19 bits per heavy atom. The van der Waals surface area contributed by atoms with E-state index in [2.05, 4.69) is 47.5 Å². The highest BCUT2D eigenvalue weighted by Gasteiger charge is 2.48. The average Bonchev–Trinajstić information content (AvgIpc) is 3.38. The SMILES string of the molecule is CC(=O)OC1(N2CCC(C)(CN[C@@H]3C[C@H]3c3ccccc3)CC2)CCC1. The first kappa shape index (κ1) is 18.0. The molecular formula is C22H32N2O2. The number of ether oxygens (including phenoxy) is 1. The number of nitrogens with one attached hydrogen (secondary N) is 1. The quantitative estimate of drug-likeness (QED) is 0.790. The van der Waals surface area contributed by atoms with E-state index in [1.54, 1.807) is 0 Å². The summed E-state index contributed by atoms with van der Waals surface area (Å²) in [5.41, 5.74) is 1.54. The molecule has 0 spiro atoms. The summed E-state index contributed by atoms with van der Waals surface area (Å²) < 4.78 is 5.72. The summed E-state index contributed by atoms with van der Waals surface area (Å²) in [6.07, 6.45) is 6.79. The van der Waals surface area contributed by atoms with E-state index < -0.39 is 0 Å². The number of hydrogen-bond acceptors (Lipinski definition) is 4. The second-order valence-electron chi connectivity index (χ2n) is 8.93. The average molecular weight is 357 g/mol. The highest BCUT2D eigenvalue weighted by atomic mass is 16.6. The van der Waals surface area contributed by atoms with Crippen molar-refractivity contribution in [1.29, 1.82) is 0 Å². The van der Waals surface area contributed by atoms with Gasteiger partial charge >= 0.3 is 5.97 Å². The Balaban J connectivity index is 1.26. The molecule has 1 aromatic rings. The van der Waals surface area contributed by atoms with Crippen molar-refractivity contribution in [2.45, 2.75) is 70.1 Å². The second-order valence-corrected chi connectivity index (χ2v) is 8.93. The Kier molecular flexibility index (Phi) is 4.83. The number of nitrogens with zero attached hydrogens (tertiary/aromatic N) is 1. The van der Waals surface area contributed by atoms with Crippen LogP contribution in [0, 0.1) is 5.41 Å². The lowest BCUT2D eigenvalue weighted by molar-refractivity contribution is -0.213. The van der Waals surface area contributed by atoms with Crippen molar-refractivity contribution < 1.29 is 9.53 Å². The number of carbonyl (C=O) groups is 1. The first-order chi connectivity index (χ1) is 12.5. The molecule has 0 aromatic heterocycles. The van der Waals surface area contributed by atoms with Crippen molar-refractivity contribution in [2.24, 2.45) is 5.41 Å². The Morgan fingerprint density at radius 2 is 1.88 bits per heavy atom. The predicted octanol–water partition coefficient (Wildman–Crippen LogP) is 3.68. The highest BCUT2D eigenvalue weighted by Crippen LogP contribution is 2.44. The highest BCUT2D eigenvalue weighted by molar-refractivity contribution is 5.66. The molecule has 2 atom stereocenters. The number of benzene rings is 1. The molecule has 1 aliphatic heterocycles. The first-order valence-corrected chi connectivity index (χ1v) is 10.2. The standard InChI is InChI=1S/C22H32N2O2/c1-17(25)26-22(9-6-10-22)24-13-11-21(2,12-14-24)16-23-20-15-19(20)18-7-4-3-5-8-18/h3-5,7-8,19-20,23H,6,9-16H2,1-2H3/t19-,20+/m0/s1. The van der Waals surface area contributed by atoms with Gasteiger partial charge in [-0.15, -0.1) is 0 Å².